The Kier molecular flexibility index (Phi) is 53.6. The zero-order valence-corrected chi connectivity index (χ0v) is 69.1. The molecule has 115 heavy (non-hydrogen) atoms. The first-order valence-electron chi connectivity index (χ1n) is 42.6. The van der Waals surface area contributed by atoms with Gasteiger partial charge >= 0.3 is 11.9 Å². The Labute approximate surface area is 678 Å². The largest absolute Gasteiger partial charge is 0.477 e. The van der Waals surface area contributed by atoms with Crippen LogP contribution in [0.15, 0.2) is 0 Å². The Balaban J connectivity index is 1.72. The molecule has 0 spiro atoms. The number of carbonyl (C=O) groups excluding carboxylic acids is 9. The standard InChI is InChI=1S/C80H144N8O27/c1-7-10-13-16-19-22-24-27-30-33-36-39-63(97)87-57(50-110-78-68(73(104)70(101)60(48-90)113-78)88-64(98)45-55(38-35-32-29-26-21-18-15-12-9-3)112-65(99)40-37-34-31-28-25-23-20-17-14-11-8-2)76(106)82-42-41-62(96)81-43-44-83-75(105)56(84-52(4)91)49-109-77-67(86-54(6)93)72(103)71(102)61(114-77)51-111-80(79(107)108)46-58(94)66(85-53(5)92)74(115-80)69(100)59(95)47-89/h55-61,66-74,77-78,89-90,94-95,100-104H,7-51H2,1-6H3,(H,81,96)(H,82,106)(H,83,105)(H,84,91)(H,85,92)(H,86,93)(H,87,97)(H,88,98)(H,107,108)/t55?,56-,57+,58+,59-,60-,61-,66-,67-,68-,69-,70-,71+,72-,73-,74-,77+,78-,80-/m1/s1. The van der Waals surface area contributed by atoms with Crippen LogP contribution in [-0.4, -0.2) is 279 Å². The highest BCUT2D eigenvalue weighted by Gasteiger charge is 2.57. The van der Waals surface area contributed by atoms with Crippen LogP contribution in [0.25, 0.3) is 0 Å². The second-order valence-corrected chi connectivity index (χ2v) is 31.0. The van der Waals surface area contributed by atoms with Gasteiger partial charge in [0.1, 0.15) is 85.2 Å². The first-order valence-corrected chi connectivity index (χ1v) is 42.6. The first kappa shape index (κ1) is 103. The number of carboxylic acid groups (broad SMARTS) is 1. The summed E-state index contributed by atoms with van der Waals surface area (Å²) >= 11 is 0. The summed E-state index contributed by atoms with van der Waals surface area (Å²) in [5.74, 6) is -11.0. The highest BCUT2D eigenvalue weighted by atomic mass is 16.7. The highest BCUT2D eigenvalue weighted by Crippen LogP contribution is 2.35. The van der Waals surface area contributed by atoms with Gasteiger partial charge in [0.15, 0.2) is 12.6 Å². The van der Waals surface area contributed by atoms with Crippen LogP contribution in [0.3, 0.4) is 0 Å². The SMILES string of the molecule is CCCCCCCCCCCCCC(=O)N[C@@H](CO[C@@H]1O[C@H](CO)[C@@H](O)[C@H](O)[C@H]1NC(=O)CC(CCCCCCCCCCC)OC(=O)CCCCCCCCCCCCC)C(=O)NCCC(=O)NCCNC(=O)[C@@H](CO[C@H]1O[C@H](CO[C@]2(C(=O)O)C[C@H](O)[C@@H](NC(C)=O)[C@H]([C@H](O)[C@H](O)CO)O2)[C@H](O)[C@H](O)[C@H]1NC(C)=O)NC(C)=O. The molecule has 0 saturated carbocycles. The molecule has 35 nitrogen and oxygen atoms in total. The number of carboxylic acids is 1. The van der Waals surface area contributed by atoms with Gasteiger partial charge in [-0.25, -0.2) is 4.79 Å². The second-order valence-electron chi connectivity index (χ2n) is 31.0. The van der Waals surface area contributed by atoms with E-state index in [9.17, 15) is 99.0 Å². The lowest BCUT2D eigenvalue weighted by Gasteiger charge is -2.47. The Morgan fingerprint density at radius 2 is 0.904 bits per heavy atom. The molecule has 0 aromatic heterocycles. The number of unbranched alkanes of at least 4 members (excludes halogenated alkanes) is 28. The van der Waals surface area contributed by atoms with Crippen molar-refractivity contribution in [3.8, 4) is 0 Å². The third-order valence-corrected chi connectivity index (χ3v) is 20.9. The number of aliphatic carboxylic acids is 1. The molecule has 3 fully saturated rings. The lowest BCUT2D eigenvalue weighted by molar-refractivity contribution is -0.330. The number of esters is 1. The maximum absolute atomic E-state index is 14.1. The Morgan fingerprint density at radius 3 is 1.38 bits per heavy atom. The Bertz CT molecular complexity index is 2790. The average Bonchev–Trinajstić information content (AvgIpc) is 0.771. The zero-order valence-electron chi connectivity index (χ0n) is 69.1. The van der Waals surface area contributed by atoms with Crippen LogP contribution < -0.4 is 42.5 Å². The monoisotopic (exact) mass is 1650 g/mol. The van der Waals surface area contributed by atoms with E-state index in [-0.39, 0.29) is 45.3 Å². The predicted octanol–water partition coefficient (Wildman–Crippen LogP) is 2.41. The van der Waals surface area contributed by atoms with E-state index < -0.39 is 214 Å². The zero-order chi connectivity index (χ0) is 85.1. The van der Waals surface area contributed by atoms with Crippen LogP contribution in [-0.2, 0) is 81.1 Å². The van der Waals surface area contributed by atoms with Gasteiger partial charge in [-0.2, -0.15) is 0 Å². The lowest BCUT2D eigenvalue weighted by atomic mass is 9.88. The summed E-state index contributed by atoms with van der Waals surface area (Å²) in [7, 11) is 0. The fourth-order valence-electron chi connectivity index (χ4n) is 14.2. The number of carbonyl (C=O) groups is 10. The van der Waals surface area contributed by atoms with Crippen molar-refractivity contribution in [1.29, 1.82) is 0 Å². The normalized spacial score (nSPS) is 24.7. The molecular formula is C80H144N8O27. The van der Waals surface area contributed by atoms with Crippen molar-refractivity contribution in [3.63, 3.8) is 0 Å². The van der Waals surface area contributed by atoms with Crippen LogP contribution in [0.4, 0.5) is 0 Å². The summed E-state index contributed by atoms with van der Waals surface area (Å²) in [5, 5.41) is 128. The number of aliphatic hydroxyl groups excluding tert-OH is 9. The molecule has 8 amide bonds. The topological polar surface area (TPSA) is 534 Å². The number of nitrogens with one attached hydrogen (secondary N) is 8. The van der Waals surface area contributed by atoms with E-state index in [4.69, 9.17) is 33.2 Å². The van der Waals surface area contributed by atoms with Gasteiger partial charge in [-0.05, 0) is 25.7 Å². The minimum absolute atomic E-state index is 0.0445. The maximum atomic E-state index is 14.1. The van der Waals surface area contributed by atoms with E-state index in [0.29, 0.717) is 25.7 Å². The third kappa shape index (κ3) is 41.1. The van der Waals surface area contributed by atoms with Gasteiger partial charge in [-0.15, -0.1) is 0 Å². The van der Waals surface area contributed by atoms with Gasteiger partial charge in [-0.1, -0.05) is 201 Å². The van der Waals surface area contributed by atoms with Gasteiger partial charge in [0.25, 0.3) is 5.79 Å². The van der Waals surface area contributed by atoms with Gasteiger partial charge in [0, 0.05) is 66.1 Å². The number of amides is 8. The molecule has 19 atom stereocenters. The van der Waals surface area contributed by atoms with Crippen molar-refractivity contribution in [3.05, 3.63) is 0 Å². The molecule has 0 aromatic carbocycles. The number of hydrogen-bond acceptors (Lipinski definition) is 26. The van der Waals surface area contributed by atoms with Crippen molar-refractivity contribution in [2.75, 3.05) is 52.7 Å². The molecule has 666 valence electrons. The molecule has 3 rings (SSSR count). The van der Waals surface area contributed by atoms with Crippen LogP contribution in [0.1, 0.15) is 279 Å². The van der Waals surface area contributed by atoms with Gasteiger partial charge < -0.3 is 127 Å². The van der Waals surface area contributed by atoms with Gasteiger partial charge in [-0.3, -0.25) is 43.2 Å². The summed E-state index contributed by atoms with van der Waals surface area (Å²) in [4.78, 5) is 132. The molecule has 3 heterocycles. The molecule has 0 bridgehead atoms. The summed E-state index contributed by atoms with van der Waals surface area (Å²) in [6.07, 6.45) is 9.31. The van der Waals surface area contributed by atoms with Crippen molar-refractivity contribution < 1.29 is 132 Å². The first-order chi connectivity index (χ1) is 55.1. The van der Waals surface area contributed by atoms with E-state index in [0.717, 1.165) is 111 Å². The fourth-order valence-corrected chi connectivity index (χ4v) is 14.2. The van der Waals surface area contributed by atoms with Crippen LogP contribution in [0.2, 0.25) is 0 Å². The minimum Gasteiger partial charge on any atom is -0.477 e. The van der Waals surface area contributed by atoms with Crippen LogP contribution in [0, 0.1) is 0 Å². The quantitative estimate of drug-likeness (QED) is 0.0307. The maximum Gasteiger partial charge on any atom is 0.364 e. The molecule has 18 N–H and O–H groups in total. The third-order valence-electron chi connectivity index (χ3n) is 20.9. The average molecular weight is 1650 g/mol. The number of aliphatic hydroxyl groups is 9. The molecular weight excluding hydrogens is 1500 g/mol. The molecule has 3 saturated heterocycles. The Morgan fingerprint density at radius 1 is 0.470 bits per heavy atom. The van der Waals surface area contributed by atoms with E-state index in [1.807, 2.05) is 0 Å². The smallest absolute Gasteiger partial charge is 0.364 e. The molecule has 3 aliphatic rings. The molecule has 0 aliphatic carbocycles. The van der Waals surface area contributed by atoms with Crippen molar-refractivity contribution in [2.45, 2.75) is 395 Å². The van der Waals surface area contributed by atoms with E-state index >= 15 is 0 Å². The van der Waals surface area contributed by atoms with E-state index in [2.05, 4.69) is 63.3 Å². The summed E-state index contributed by atoms with van der Waals surface area (Å²) in [6, 6.07) is -7.66. The molecule has 35 heteroatoms. The van der Waals surface area contributed by atoms with Crippen LogP contribution in [0.5, 0.6) is 0 Å². The van der Waals surface area contributed by atoms with Gasteiger partial charge in [0.2, 0.25) is 47.3 Å². The Hall–Kier alpha value is -5.90. The second kappa shape index (κ2) is 59.7. The number of hydrogen-bond donors (Lipinski definition) is 18. The molecule has 0 aromatic rings. The van der Waals surface area contributed by atoms with E-state index in [1.165, 1.54) is 89.9 Å². The summed E-state index contributed by atoms with van der Waals surface area (Å²) in [6.45, 7) is 4.71. The number of rotatable bonds is 64. The lowest BCUT2D eigenvalue weighted by Crippen LogP contribution is -2.69. The summed E-state index contributed by atoms with van der Waals surface area (Å²) in [5.41, 5.74) is 0. The van der Waals surface area contributed by atoms with Crippen molar-refractivity contribution in [1.82, 2.24) is 42.5 Å². The van der Waals surface area contributed by atoms with Crippen molar-refractivity contribution in [2.24, 2.45) is 0 Å². The molecule has 1 unspecified atom stereocenters. The minimum atomic E-state index is -2.91. The van der Waals surface area contributed by atoms with Crippen LogP contribution >= 0.6 is 0 Å². The highest BCUT2D eigenvalue weighted by molar-refractivity contribution is 5.88. The summed E-state index contributed by atoms with van der Waals surface area (Å²) < 4.78 is 41.0. The predicted molar refractivity (Wildman–Crippen MR) is 420 cm³/mol. The molecule has 0 radical (unpaired) electrons. The van der Waals surface area contributed by atoms with E-state index in [1.54, 1.807) is 0 Å². The molecule has 3 aliphatic heterocycles. The number of ether oxygens (including phenoxy) is 7. The van der Waals surface area contributed by atoms with Gasteiger partial charge in [0.05, 0.1) is 51.6 Å². The van der Waals surface area contributed by atoms with Crippen molar-refractivity contribution >= 4 is 59.2 Å². The fraction of sp³-hybridized carbons (Fsp3) is 0.875.